The fourth-order valence-corrected chi connectivity index (χ4v) is 3.15. The largest absolute Gasteiger partial charge is 0.388 e. The Labute approximate surface area is 126 Å². The smallest absolute Gasteiger partial charge is 0.221 e. The molecule has 1 heterocycles. The average Bonchev–Trinajstić information content (AvgIpc) is 2.36. The molecule has 2 N–H and O–H groups in total. The number of hydrogen-bond donors (Lipinski definition) is 2. The van der Waals surface area contributed by atoms with Crippen LogP contribution in [0, 0.1) is 0 Å². The van der Waals surface area contributed by atoms with E-state index in [1.807, 2.05) is 0 Å². The van der Waals surface area contributed by atoms with Crippen LogP contribution in [0.2, 0.25) is 0 Å². The number of amides is 1. The van der Waals surface area contributed by atoms with Gasteiger partial charge in [-0.1, -0.05) is 0 Å². The van der Waals surface area contributed by atoms with Gasteiger partial charge in [-0.2, -0.15) is 4.31 Å². The first kappa shape index (κ1) is 18.3. The van der Waals surface area contributed by atoms with Gasteiger partial charge in [0.05, 0.1) is 30.1 Å². The van der Waals surface area contributed by atoms with Crippen LogP contribution < -0.4 is 5.32 Å². The summed E-state index contributed by atoms with van der Waals surface area (Å²) in [5, 5.41) is 12.6. The maximum atomic E-state index is 12.1. The average molecular weight is 322 g/mol. The summed E-state index contributed by atoms with van der Waals surface area (Å²) in [6, 6.07) is 0. The summed E-state index contributed by atoms with van der Waals surface area (Å²) < 4.78 is 30.6. The predicted octanol–water partition coefficient (Wildman–Crippen LogP) is -0.296. The Bertz CT molecular complexity index is 461. The number of morpholine rings is 1. The van der Waals surface area contributed by atoms with Crippen LogP contribution in [-0.2, 0) is 19.6 Å². The Balaban J connectivity index is 2.53. The van der Waals surface area contributed by atoms with Gasteiger partial charge in [-0.05, 0) is 27.7 Å². The second-order valence-electron chi connectivity index (χ2n) is 6.31. The summed E-state index contributed by atoms with van der Waals surface area (Å²) in [6.45, 7) is 8.02. The fourth-order valence-electron chi connectivity index (χ4n) is 1.74. The van der Waals surface area contributed by atoms with E-state index in [-0.39, 0.29) is 18.1 Å². The number of nitrogens with one attached hydrogen (secondary N) is 1. The molecule has 21 heavy (non-hydrogen) atoms. The summed E-state index contributed by atoms with van der Waals surface area (Å²) in [5.74, 6) is -0.625. The third kappa shape index (κ3) is 5.21. The monoisotopic (exact) mass is 322 g/mol. The highest BCUT2D eigenvalue weighted by Crippen LogP contribution is 2.20. The quantitative estimate of drug-likeness (QED) is 0.700. The Morgan fingerprint density at radius 1 is 1.24 bits per heavy atom. The summed E-state index contributed by atoms with van der Waals surface area (Å²) in [6.07, 6.45) is -0.126. The van der Waals surface area contributed by atoms with Crippen LogP contribution in [-0.4, -0.2) is 66.9 Å². The zero-order valence-corrected chi connectivity index (χ0v) is 14.0. The molecule has 0 saturated carbocycles. The summed E-state index contributed by atoms with van der Waals surface area (Å²) in [7, 11) is -3.44. The summed E-state index contributed by atoms with van der Waals surface area (Å²) in [4.78, 5) is 11.9. The van der Waals surface area contributed by atoms with Crippen molar-refractivity contribution in [3.63, 3.8) is 0 Å². The Hall–Kier alpha value is -0.700. The molecule has 0 aromatic heterocycles. The Morgan fingerprint density at radius 3 is 2.24 bits per heavy atom. The minimum atomic E-state index is -3.44. The van der Waals surface area contributed by atoms with Crippen molar-refractivity contribution < 1.29 is 23.1 Å². The van der Waals surface area contributed by atoms with Gasteiger partial charge in [0.2, 0.25) is 15.9 Å². The lowest BCUT2D eigenvalue weighted by Crippen LogP contribution is -2.58. The maximum absolute atomic E-state index is 12.1. The van der Waals surface area contributed by atoms with Gasteiger partial charge in [-0.25, -0.2) is 8.42 Å². The number of carbonyl (C=O) groups is 1. The molecule has 0 bridgehead atoms. The van der Waals surface area contributed by atoms with Crippen LogP contribution in [0.1, 0.15) is 34.1 Å². The second-order valence-corrected chi connectivity index (χ2v) is 8.40. The van der Waals surface area contributed by atoms with Crippen molar-refractivity contribution in [2.45, 2.75) is 45.3 Å². The van der Waals surface area contributed by atoms with E-state index in [1.165, 1.54) is 4.31 Å². The predicted molar refractivity (Wildman–Crippen MR) is 79.3 cm³/mol. The molecule has 0 radical (unpaired) electrons. The van der Waals surface area contributed by atoms with E-state index in [2.05, 4.69) is 5.32 Å². The Kier molecular flexibility index (Phi) is 5.76. The molecule has 1 saturated heterocycles. The van der Waals surface area contributed by atoms with E-state index < -0.39 is 21.2 Å². The third-order valence-corrected chi connectivity index (χ3v) is 5.80. The number of sulfonamides is 1. The number of hydrogen-bond acceptors (Lipinski definition) is 5. The number of nitrogens with zero attached hydrogens (tertiary/aromatic N) is 1. The van der Waals surface area contributed by atoms with Crippen LogP contribution in [0.3, 0.4) is 0 Å². The van der Waals surface area contributed by atoms with Crippen molar-refractivity contribution in [2.24, 2.45) is 0 Å². The van der Waals surface area contributed by atoms with Crippen LogP contribution in [0.15, 0.2) is 0 Å². The molecule has 0 aromatic carbocycles. The fraction of sp³-hybridized carbons (Fsp3) is 0.923. The minimum absolute atomic E-state index is 0.126. The van der Waals surface area contributed by atoms with Gasteiger partial charge in [-0.3, -0.25) is 4.79 Å². The first-order valence-electron chi connectivity index (χ1n) is 7.05. The Morgan fingerprint density at radius 2 is 1.76 bits per heavy atom. The van der Waals surface area contributed by atoms with Crippen molar-refractivity contribution in [2.75, 3.05) is 32.1 Å². The first-order valence-corrected chi connectivity index (χ1v) is 8.65. The molecule has 0 unspecified atom stereocenters. The van der Waals surface area contributed by atoms with Crippen LogP contribution in [0.5, 0.6) is 0 Å². The van der Waals surface area contributed by atoms with Crippen molar-refractivity contribution in [1.82, 2.24) is 9.62 Å². The molecule has 1 amide bonds. The van der Waals surface area contributed by atoms with E-state index in [9.17, 15) is 18.3 Å². The molecule has 0 aliphatic carbocycles. The van der Waals surface area contributed by atoms with Gasteiger partial charge in [0.15, 0.2) is 0 Å². The van der Waals surface area contributed by atoms with Crippen molar-refractivity contribution in [1.29, 1.82) is 0 Å². The van der Waals surface area contributed by atoms with E-state index in [4.69, 9.17) is 4.74 Å². The minimum Gasteiger partial charge on any atom is -0.388 e. The molecular weight excluding hydrogens is 296 g/mol. The normalized spacial score (nSPS) is 18.5. The summed E-state index contributed by atoms with van der Waals surface area (Å²) >= 11 is 0. The molecule has 7 nitrogen and oxygen atoms in total. The van der Waals surface area contributed by atoms with Crippen LogP contribution in [0.4, 0.5) is 0 Å². The molecular formula is C13H26N2O5S. The maximum Gasteiger partial charge on any atom is 0.221 e. The van der Waals surface area contributed by atoms with Crippen molar-refractivity contribution in [3.8, 4) is 0 Å². The van der Waals surface area contributed by atoms with Gasteiger partial charge in [-0.15, -0.1) is 0 Å². The molecule has 1 fully saturated rings. The summed E-state index contributed by atoms with van der Waals surface area (Å²) in [5.41, 5.74) is -1.95. The number of ether oxygens (including phenoxy) is 1. The van der Waals surface area contributed by atoms with Crippen molar-refractivity contribution in [3.05, 3.63) is 0 Å². The molecule has 124 valence electrons. The van der Waals surface area contributed by atoms with Gasteiger partial charge < -0.3 is 15.2 Å². The zero-order chi connectivity index (χ0) is 16.3. The molecule has 1 aliphatic heterocycles. The van der Waals surface area contributed by atoms with Gasteiger partial charge in [0.1, 0.15) is 0 Å². The zero-order valence-electron chi connectivity index (χ0n) is 13.2. The molecule has 1 rings (SSSR count). The number of carbonyl (C=O) groups excluding carboxylic acids is 1. The van der Waals surface area contributed by atoms with E-state index >= 15 is 0 Å². The van der Waals surface area contributed by atoms with E-state index in [1.54, 1.807) is 27.7 Å². The highest BCUT2D eigenvalue weighted by molar-refractivity contribution is 7.89. The van der Waals surface area contributed by atoms with E-state index in [0.29, 0.717) is 26.3 Å². The van der Waals surface area contributed by atoms with Crippen LogP contribution >= 0.6 is 0 Å². The lowest BCUT2D eigenvalue weighted by molar-refractivity contribution is -0.125. The standard InChI is InChI=1S/C13H26N2O5S/c1-12(2,13(3,4)17)14-11(16)5-10-21(18,19)15-6-8-20-9-7-15/h17H,5-10H2,1-4H3,(H,14,16). The molecule has 1 aliphatic rings. The lowest BCUT2D eigenvalue weighted by Gasteiger charge is -2.38. The van der Waals surface area contributed by atoms with Crippen molar-refractivity contribution >= 4 is 15.9 Å². The topological polar surface area (TPSA) is 95.9 Å². The second kappa shape index (κ2) is 6.60. The van der Waals surface area contributed by atoms with E-state index in [0.717, 1.165) is 0 Å². The lowest BCUT2D eigenvalue weighted by atomic mass is 9.86. The van der Waals surface area contributed by atoms with Gasteiger partial charge in [0.25, 0.3) is 0 Å². The third-order valence-electron chi connectivity index (χ3n) is 3.93. The molecule has 8 heteroatoms. The molecule has 0 aromatic rings. The molecule has 0 spiro atoms. The number of aliphatic hydroxyl groups is 1. The first-order chi connectivity index (χ1) is 9.46. The van der Waals surface area contributed by atoms with Crippen LogP contribution in [0.25, 0.3) is 0 Å². The SMILES string of the molecule is CC(C)(O)C(C)(C)NC(=O)CCS(=O)(=O)N1CCOCC1. The number of rotatable bonds is 6. The van der Waals surface area contributed by atoms with Gasteiger partial charge >= 0.3 is 0 Å². The molecule has 0 atom stereocenters. The van der Waals surface area contributed by atoms with Gasteiger partial charge in [0, 0.05) is 19.5 Å². The highest BCUT2D eigenvalue weighted by Gasteiger charge is 2.36. The highest BCUT2D eigenvalue weighted by atomic mass is 32.2.